The van der Waals surface area contributed by atoms with E-state index < -0.39 is 29.7 Å². The smallest absolute Gasteiger partial charge is 0.410 e. The van der Waals surface area contributed by atoms with E-state index in [1.54, 1.807) is 20.8 Å². The summed E-state index contributed by atoms with van der Waals surface area (Å²) in [6, 6.07) is 15.7. The van der Waals surface area contributed by atoms with Crippen LogP contribution in [0, 0.1) is 0 Å². The fourth-order valence-corrected chi connectivity index (χ4v) is 5.28. The van der Waals surface area contributed by atoms with E-state index in [0.717, 1.165) is 6.42 Å². The van der Waals surface area contributed by atoms with Gasteiger partial charge in [-0.3, -0.25) is 25.3 Å². The maximum absolute atomic E-state index is 12.5. The minimum absolute atomic E-state index is 0.0150. The summed E-state index contributed by atoms with van der Waals surface area (Å²) in [6.45, 7) is 6.46. The Balaban J connectivity index is 1.08. The number of likely N-dealkylation sites (tertiary alicyclic amines) is 1. The van der Waals surface area contributed by atoms with Crippen molar-refractivity contribution < 1.29 is 28.7 Å². The van der Waals surface area contributed by atoms with Gasteiger partial charge in [0.25, 0.3) is 5.91 Å². The van der Waals surface area contributed by atoms with E-state index >= 15 is 0 Å². The van der Waals surface area contributed by atoms with E-state index in [9.17, 15) is 19.2 Å². The van der Waals surface area contributed by atoms with Gasteiger partial charge in [-0.1, -0.05) is 55.0 Å². The van der Waals surface area contributed by atoms with E-state index in [1.165, 1.54) is 27.2 Å². The third kappa shape index (κ3) is 7.99. The molecule has 10 nitrogen and oxygen atoms in total. The van der Waals surface area contributed by atoms with Gasteiger partial charge in [-0.2, -0.15) is 0 Å². The molecule has 10 heteroatoms. The number of unbranched alkanes of at least 4 members (excludes halogenated alkanes) is 2. The fraction of sp³-hybridized carbons (Fsp3) is 0.484. The molecule has 4 rings (SSSR count). The first-order chi connectivity index (χ1) is 19.6. The van der Waals surface area contributed by atoms with Gasteiger partial charge in [0.15, 0.2) is 0 Å². The van der Waals surface area contributed by atoms with Crippen LogP contribution in [0.25, 0.3) is 11.1 Å². The lowest BCUT2D eigenvalue weighted by Gasteiger charge is -2.28. The van der Waals surface area contributed by atoms with Crippen molar-refractivity contribution in [2.75, 3.05) is 19.7 Å². The lowest BCUT2D eigenvalue weighted by atomic mass is 9.98. The molecule has 0 saturated carbocycles. The molecule has 0 spiro atoms. The molecule has 1 heterocycles. The largest absolute Gasteiger partial charge is 0.449 e. The summed E-state index contributed by atoms with van der Waals surface area (Å²) in [5, 5.41) is 2.78. The van der Waals surface area contributed by atoms with Crippen LogP contribution < -0.4 is 16.2 Å². The molecule has 3 N–H and O–H groups in total. The minimum atomic E-state index is -0.672. The molecule has 220 valence electrons. The topological polar surface area (TPSA) is 126 Å². The molecule has 0 radical (unpaired) electrons. The van der Waals surface area contributed by atoms with Crippen LogP contribution >= 0.6 is 0 Å². The quantitative estimate of drug-likeness (QED) is 0.301. The van der Waals surface area contributed by atoms with Crippen molar-refractivity contribution in [2.45, 2.75) is 76.9 Å². The molecular weight excluding hydrogens is 524 g/mol. The van der Waals surface area contributed by atoms with Crippen molar-refractivity contribution in [3.8, 4) is 11.1 Å². The fourth-order valence-electron chi connectivity index (χ4n) is 5.28. The molecule has 0 unspecified atom stereocenters. The number of benzene rings is 2. The Kier molecular flexibility index (Phi) is 9.86. The second-order valence-electron chi connectivity index (χ2n) is 11.4. The van der Waals surface area contributed by atoms with Gasteiger partial charge in [0, 0.05) is 25.4 Å². The summed E-state index contributed by atoms with van der Waals surface area (Å²) >= 11 is 0. The number of nitrogens with one attached hydrogen (secondary N) is 3. The van der Waals surface area contributed by atoms with Gasteiger partial charge in [0.05, 0.1) is 0 Å². The van der Waals surface area contributed by atoms with E-state index in [4.69, 9.17) is 9.47 Å². The van der Waals surface area contributed by atoms with Crippen molar-refractivity contribution in [3.63, 3.8) is 0 Å². The summed E-state index contributed by atoms with van der Waals surface area (Å²) in [5.74, 6) is -0.736. The van der Waals surface area contributed by atoms with Gasteiger partial charge in [-0.15, -0.1) is 0 Å². The van der Waals surface area contributed by atoms with Crippen molar-refractivity contribution >= 4 is 24.0 Å². The summed E-state index contributed by atoms with van der Waals surface area (Å²) in [7, 11) is 0. The van der Waals surface area contributed by atoms with Crippen LogP contribution in [0.3, 0.4) is 0 Å². The molecule has 1 saturated heterocycles. The zero-order chi connectivity index (χ0) is 29.4. The second-order valence-corrected chi connectivity index (χ2v) is 11.4. The highest BCUT2D eigenvalue weighted by Crippen LogP contribution is 2.44. The molecule has 2 aromatic carbocycles. The Bertz CT molecular complexity index is 1210. The SMILES string of the molecule is CC(C)(C)OC(=O)N1CCC[C@@H]1C(=O)NNC(=O)CCCCCNC(=O)OCC1c2ccccc2-c2ccccc21. The molecule has 1 aliphatic carbocycles. The maximum atomic E-state index is 12.5. The van der Waals surface area contributed by atoms with Gasteiger partial charge in [-0.25, -0.2) is 9.59 Å². The molecular formula is C31H40N4O6. The highest BCUT2D eigenvalue weighted by molar-refractivity contribution is 5.88. The number of amides is 4. The monoisotopic (exact) mass is 564 g/mol. The van der Waals surface area contributed by atoms with Crippen molar-refractivity contribution in [3.05, 3.63) is 59.7 Å². The number of carbonyl (C=O) groups excluding carboxylic acids is 4. The lowest BCUT2D eigenvalue weighted by Crippen LogP contribution is -2.52. The second kappa shape index (κ2) is 13.5. The van der Waals surface area contributed by atoms with Crippen molar-refractivity contribution in [1.82, 2.24) is 21.1 Å². The van der Waals surface area contributed by atoms with E-state index in [1.807, 2.05) is 24.3 Å². The van der Waals surface area contributed by atoms with E-state index in [0.29, 0.717) is 38.8 Å². The van der Waals surface area contributed by atoms with Crippen LogP contribution in [-0.4, -0.2) is 60.2 Å². The zero-order valence-corrected chi connectivity index (χ0v) is 24.0. The predicted molar refractivity (Wildman–Crippen MR) is 154 cm³/mol. The first-order valence-electron chi connectivity index (χ1n) is 14.3. The molecule has 4 amide bonds. The first-order valence-corrected chi connectivity index (χ1v) is 14.3. The maximum Gasteiger partial charge on any atom is 0.410 e. The van der Waals surface area contributed by atoms with Crippen LogP contribution in [0.2, 0.25) is 0 Å². The number of hydrogen-bond acceptors (Lipinski definition) is 6. The molecule has 0 aromatic heterocycles. The summed E-state index contributed by atoms with van der Waals surface area (Å²) in [5.41, 5.74) is 8.90. The lowest BCUT2D eigenvalue weighted by molar-refractivity contribution is -0.131. The molecule has 41 heavy (non-hydrogen) atoms. The number of hydrogen-bond donors (Lipinski definition) is 3. The number of nitrogens with zero attached hydrogens (tertiary/aromatic N) is 1. The van der Waals surface area contributed by atoms with Gasteiger partial charge in [-0.05, 0) is 68.7 Å². The average molecular weight is 565 g/mol. The number of carbonyl (C=O) groups is 4. The standard InChI is InChI=1S/C31H40N4O6/c1-31(2,3)41-30(39)35-19-11-16-26(35)28(37)34-33-27(36)17-5-4-10-18-32-29(38)40-20-25-23-14-8-6-12-21(23)22-13-7-9-15-24(22)25/h6-9,12-15,25-26H,4-5,10-11,16-20H2,1-3H3,(H,32,38)(H,33,36)(H,34,37)/t26-/m1/s1. The third-order valence-corrected chi connectivity index (χ3v) is 7.20. The third-order valence-electron chi connectivity index (χ3n) is 7.20. The van der Waals surface area contributed by atoms with Crippen LogP contribution in [0.4, 0.5) is 9.59 Å². The average Bonchev–Trinajstić information content (AvgIpc) is 3.55. The van der Waals surface area contributed by atoms with Crippen LogP contribution in [-0.2, 0) is 19.1 Å². The number of ether oxygens (including phenoxy) is 2. The Morgan fingerprint density at radius 3 is 2.22 bits per heavy atom. The van der Waals surface area contributed by atoms with E-state index in [2.05, 4.69) is 40.4 Å². The molecule has 2 aromatic rings. The summed E-state index contributed by atoms with van der Waals surface area (Å²) in [4.78, 5) is 50.8. The van der Waals surface area contributed by atoms with Gasteiger partial charge in [0.2, 0.25) is 5.91 Å². The summed E-state index contributed by atoms with van der Waals surface area (Å²) in [6.07, 6.45) is 2.45. The number of rotatable bonds is 9. The summed E-state index contributed by atoms with van der Waals surface area (Å²) < 4.78 is 10.9. The first kappa shape index (κ1) is 29.9. The van der Waals surface area contributed by atoms with Gasteiger partial charge >= 0.3 is 12.2 Å². The van der Waals surface area contributed by atoms with Crippen molar-refractivity contribution in [1.29, 1.82) is 0 Å². The highest BCUT2D eigenvalue weighted by Gasteiger charge is 2.36. The Morgan fingerprint density at radius 2 is 1.56 bits per heavy atom. The molecule has 0 bridgehead atoms. The van der Waals surface area contributed by atoms with Crippen LogP contribution in [0.15, 0.2) is 48.5 Å². The van der Waals surface area contributed by atoms with Crippen molar-refractivity contribution in [2.24, 2.45) is 0 Å². The zero-order valence-electron chi connectivity index (χ0n) is 24.0. The number of alkyl carbamates (subject to hydrolysis) is 1. The Labute approximate surface area is 241 Å². The van der Waals surface area contributed by atoms with Gasteiger partial charge in [0.1, 0.15) is 18.2 Å². The van der Waals surface area contributed by atoms with Crippen LogP contribution in [0.1, 0.15) is 76.3 Å². The molecule has 1 atom stereocenters. The van der Waals surface area contributed by atoms with Crippen LogP contribution in [0.5, 0.6) is 0 Å². The molecule has 1 aliphatic heterocycles. The molecule has 2 aliphatic rings. The normalized spacial score (nSPS) is 16.0. The molecule has 1 fully saturated rings. The van der Waals surface area contributed by atoms with Gasteiger partial charge < -0.3 is 14.8 Å². The minimum Gasteiger partial charge on any atom is -0.449 e. The highest BCUT2D eigenvalue weighted by atomic mass is 16.6. The predicted octanol–water partition coefficient (Wildman–Crippen LogP) is 4.63. The Hall–Kier alpha value is -4.08. The Morgan fingerprint density at radius 1 is 0.902 bits per heavy atom. The number of hydrazine groups is 1. The number of fused-ring (bicyclic) bond motifs is 3. The van der Waals surface area contributed by atoms with E-state index in [-0.39, 0.29) is 24.9 Å².